The standard InChI is InChI=1S/C13H17N3O3/c1-13(2,3)6-5-7-9-10(19-9)8(6)16-12(18)14(4)11(17)15(7)16/h5,7-10H,1-4H3. The van der Waals surface area contributed by atoms with E-state index in [1.54, 1.807) is 9.36 Å². The van der Waals surface area contributed by atoms with E-state index in [0.29, 0.717) is 0 Å². The molecular formula is C13H17N3O3. The summed E-state index contributed by atoms with van der Waals surface area (Å²) >= 11 is 0. The fraction of sp³-hybridized carbons (Fsp3) is 0.692. The van der Waals surface area contributed by atoms with Gasteiger partial charge in [0.1, 0.15) is 24.3 Å². The smallest absolute Gasteiger partial charge is 0.347 e. The van der Waals surface area contributed by atoms with Crippen molar-refractivity contribution in [1.82, 2.24) is 13.9 Å². The van der Waals surface area contributed by atoms with Gasteiger partial charge in [-0.2, -0.15) is 0 Å². The Hall–Kier alpha value is -1.56. The van der Waals surface area contributed by atoms with E-state index >= 15 is 0 Å². The third-order valence-corrected chi connectivity index (χ3v) is 4.49. The monoisotopic (exact) mass is 263 g/mol. The number of nitrogens with zero attached hydrogens (tertiary/aromatic N) is 3. The zero-order valence-corrected chi connectivity index (χ0v) is 11.5. The van der Waals surface area contributed by atoms with Crippen LogP contribution >= 0.6 is 0 Å². The van der Waals surface area contributed by atoms with Crippen molar-refractivity contribution in [2.45, 2.75) is 45.1 Å². The molecule has 3 aliphatic heterocycles. The Kier molecular flexibility index (Phi) is 1.75. The van der Waals surface area contributed by atoms with E-state index in [1.807, 2.05) is 0 Å². The summed E-state index contributed by atoms with van der Waals surface area (Å²) in [6.45, 7) is 6.40. The zero-order chi connectivity index (χ0) is 13.7. The second kappa shape index (κ2) is 2.95. The van der Waals surface area contributed by atoms with Gasteiger partial charge in [-0.3, -0.25) is 0 Å². The molecule has 0 N–H and O–H groups in total. The number of rotatable bonds is 0. The first-order chi connectivity index (χ1) is 8.82. The van der Waals surface area contributed by atoms with Gasteiger partial charge in [0, 0.05) is 7.05 Å². The van der Waals surface area contributed by atoms with Crippen LogP contribution in [0.4, 0.5) is 0 Å². The third kappa shape index (κ3) is 1.16. The molecule has 19 heavy (non-hydrogen) atoms. The number of aromatic nitrogens is 3. The van der Waals surface area contributed by atoms with Crippen LogP contribution in [0.3, 0.4) is 0 Å². The van der Waals surface area contributed by atoms with Crippen LogP contribution in [0, 0.1) is 5.41 Å². The van der Waals surface area contributed by atoms with Gasteiger partial charge in [0.05, 0.1) is 0 Å². The van der Waals surface area contributed by atoms with Gasteiger partial charge in [-0.25, -0.2) is 23.5 Å². The Morgan fingerprint density at radius 1 is 1.11 bits per heavy atom. The zero-order valence-electron chi connectivity index (χ0n) is 11.5. The lowest BCUT2D eigenvalue weighted by Crippen LogP contribution is -2.47. The fourth-order valence-corrected chi connectivity index (χ4v) is 3.49. The lowest BCUT2D eigenvalue weighted by atomic mass is 9.75. The Bertz CT molecular complexity index is 728. The van der Waals surface area contributed by atoms with E-state index in [4.69, 9.17) is 4.74 Å². The molecule has 102 valence electrons. The molecule has 1 aliphatic carbocycles. The molecule has 1 aromatic rings. The molecule has 1 saturated heterocycles. The Labute approximate surface area is 109 Å². The highest BCUT2D eigenvalue weighted by atomic mass is 16.6. The molecular weight excluding hydrogens is 246 g/mol. The van der Waals surface area contributed by atoms with Crippen molar-refractivity contribution >= 4 is 0 Å². The van der Waals surface area contributed by atoms with Crippen LogP contribution in [0.2, 0.25) is 0 Å². The summed E-state index contributed by atoms with van der Waals surface area (Å²) in [5, 5.41) is 0. The molecule has 0 amide bonds. The topological polar surface area (TPSA) is 61.5 Å². The number of ether oxygens (including phenoxy) is 1. The summed E-state index contributed by atoms with van der Waals surface area (Å²) in [6, 6.07) is -0.262. The second-order valence-corrected chi connectivity index (χ2v) is 6.69. The van der Waals surface area contributed by atoms with Crippen LogP contribution in [0.5, 0.6) is 0 Å². The predicted octanol–water partition coefficient (Wildman–Crippen LogP) is 0.198. The number of hydrogen-bond donors (Lipinski definition) is 0. The van der Waals surface area contributed by atoms with E-state index in [1.165, 1.54) is 17.2 Å². The Morgan fingerprint density at radius 2 is 1.74 bits per heavy atom. The van der Waals surface area contributed by atoms with Crippen LogP contribution in [0.15, 0.2) is 21.2 Å². The van der Waals surface area contributed by atoms with Gasteiger partial charge in [0.25, 0.3) is 0 Å². The number of epoxide rings is 1. The summed E-state index contributed by atoms with van der Waals surface area (Å²) in [6.07, 6.45) is 2.25. The van der Waals surface area contributed by atoms with Crippen molar-refractivity contribution in [3.05, 3.63) is 32.6 Å². The summed E-state index contributed by atoms with van der Waals surface area (Å²) < 4.78 is 10.0. The summed E-state index contributed by atoms with van der Waals surface area (Å²) in [4.78, 5) is 24.4. The van der Waals surface area contributed by atoms with Gasteiger partial charge < -0.3 is 4.74 Å². The first-order valence-corrected chi connectivity index (χ1v) is 6.60. The highest BCUT2D eigenvalue weighted by Crippen LogP contribution is 2.54. The summed E-state index contributed by atoms with van der Waals surface area (Å²) in [5.74, 6) is 0. The van der Waals surface area contributed by atoms with Crippen LogP contribution in [0.25, 0.3) is 0 Å². The minimum absolute atomic E-state index is 0.0313. The van der Waals surface area contributed by atoms with Crippen LogP contribution in [0.1, 0.15) is 32.9 Å². The fourth-order valence-electron chi connectivity index (χ4n) is 3.49. The average Bonchev–Trinajstić information content (AvgIpc) is 3.11. The quantitative estimate of drug-likeness (QED) is 0.496. The maximum absolute atomic E-state index is 12.3. The minimum Gasteiger partial charge on any atom is -0.364 e. The summed E-state index contributed by atoms with van der Waals surface area (Å²) in [7, 11) is 1.53. The largest absolute Gasteiger partial charge is 0.364 e. The molecule has 6 heteroatoms. The molecule has 0 aromatic carbocycles. The molecule has 6 nitrogen and oxygen atoms in total. The highest BCUT2D eigenvalue weighted by Gasteiger charge is 2.61. The van der Waals surface area contributed by atoms with Gasteiger partial charge in [-0.1, -0.05) is 26.8 Å². The molecule has 4 aliphatic rings. The molecule has 5 rings (SSSR count). The molecule has 2 bridgehead atoms. The Morgan fingerprint density at radius 3 is 2.37 bits per heavy atom. The van der Waals surface area contributed by atoms with Gasteiger partial charge in [0.2, 0.25) is 0 Å². The first-order valence-electron chi connectivity index (χ1n) is 6.60. The van der Waals surface area contributed by atoms with Gasteiger partial charge in [-0.05, 0) is 11.0 Å². The molecule has 0 spiro atoms. The van der Waals surface area contributed by atoms with E-state index in [-0.39, 0.29) is 41.1 Å². The lowest BCUT2D eigenvalue weighted by molar-refractivity contribution is 0.247. The normalized spacial score (nSPS) is 34.8. The average molecular weight is 263 g/mol. The van der Waals surface area contributed by atoms with Crippen molar-refractivity contribution < 1.29 is 4.74 Å². The van der Waals surface area contributed by atoms with Gasteiger partial charge in [0.15, 0.2) is 0 Å². The summed E-state index contributed by atoms with van der Waals surface area (Å²) in [5.41, 5.74) is 0.669. The molecule has 4 heterocycles. The SMILES string of the molecule is Cn1c(=O)n2n(c1=O)C1C(C(C)(C)C)=CC2C2OC21. The van der Waals surface area contributed by atoms with Crippen molar-refractivity contribution in [2.24, 2.45) is 12.5 Å². The van der Waals surface area contributed by atoms with Crippen LogP contribution in [-0.2, 0) is 11.8 Å². The van der Waals surface area contributed by atoms with E-state index < -0.39 is 0 Å². The van der Waals surface area contributed by atoms with E-state index in [0.717, 1.165) is 0 Å². The lowest BCUT2D eigenvalue weighted by Gasteiger charge is -2.39. The molecule has 4 unspecified atom stereocenters. The maximum Gasteiger partial charge on any atom is 0.347 e. The first kappa shape index (κ1) is 11.3. The van der Waals surface area contributed by atoms with Gasteiger partial charge >= 0.3 is 11.4 Å². The van der Waals surface area contributed by atoms with Crippen LogP contribution < -0.4 is 11.4 Å². The Balaban J connectivity index is 2.03. The van der Waals surface area contributed by atoms with Gasteiger partial charge in [-0.15, -0.1) is 0 Å². The van der Waals surface area contributed by atoms with Crippen LogP contribution in [-0.4, -0.2) is 26.1 Å². The predicted molar refractivity (Wildman–Crippen MR) is 68.2 cm³/mol. The minimum atomic E-state index is -0.252. The molecule has 0 saturated carbocycles. The van der Waals surface area contributed by atoms with E-state index in [2.05, 4.69) is 26.8 Å². The van der Waals surface area contributed by atoms with Crippen molar-refractivity contribution in [3.8, 4) is 0 Å². The highest BCUT2D eigenvalue weighted by molar-refractivity contribution is 5.32. The van der Waals surface area contributed by atoms with Crippen molar-refractivity contribution in [2.75, 3.05) is 0 Å². The van der Waals surface area contributed by atoms with E-state index in [9.17, 15) is 9.59 Å². The molecule has 4 atom stereocenters. The maximum atomic E-state index is 12.3. The second-order valence-electron chi connectivity index (χ2n) is 6.69. The molecule has 1 fully saturated rings. The van der Waals surface area contributed by atoms with Crippen molar-refractivity contribution in [1.29, 1.82) is 0 Å². The number of hydrogen-bond acceptors (Lipinski definition) is 3. The molecule has 0 radical (unpaired) electrons. The third-order valence-electron chi connectivity index (χ3n) is 4.49. The molecule has 1 aromatic heterocycles. The van der Waals surface area contributed by atoms with Crippen molar-refractivity contribution in [3.63, 3.8) is 0 Å².